The summed E-state index contributed by atoms with van der Waals surface area (Å²) in [7, 11) is 1.79. The molecule has 0 saturated heterocycles. The average Bonchev–Trinajstić information content (AvgIpc) is 2.53. The summed E-state index contributed by atoms with van der Waals surface area (Å²) in [6.45, 7) is 6.53. The molecule has 1 aromatic heterocycles. The highest BCUT2D eigenvalue weighted by atomic mass is 32.1. The Morgan fingerprint density at radius 3 is 2.14 bits per heavy atom. The monoisotopic (exact) mass is 302 g/mol. The topological polar surface area (TPSA) is 42.7 Å². The third kappa shape index (κ3) is 3.13. The van der Waals surface area contributed by atoms with Crippen molar-refractivity contribution in [3.05, 3.63) is 39.9 Å². The Kier molecular flexibility index (Phi) is 5.07. The summed E-state index contributed by atoms with van der Waals surface area (Å²) in [6.07, 6.45) is 4.73. The lowest BCUT2D eigenvalue weighted by Crippen LogP contribution is -2.10. The Labute approximate surface area is 131 Å². The summed E-state index contributed by atoms with van der Waals surface area (Å²) in [5.41, 5.74) is 5.10. The fraction of sp³-hybridized carbons (Fsp3) is 0.438. The third-order valence-electron chi connectivity index (χ3n) is 3.67. The number of aromatic nitrogens is 3. The van der Waals surface area contributed by atoms with Gasteiger partial charge in [-0.2, -0.15) is 4.98 Å². The lowest BCUT2D eigenvalue weighted by atomic mass is 9.98. The molecule has 0 aliphatic carbocycles. The highest BCUT2D eigenvalue weighted by molar-refractivity contribution is 7.71. The van der Waals surface area contributed by atoms with Crippen LogP contribution in [0.1, 0.15) is 37.5 Å². The predicted molar refractivity (Wildman–Crippen MR) is 89.9 cm³/mol. The van der Waals surface area contributed by atoms with Gasteiger partial charge in [0.25, 0.3) is 0 Å². The van der Waals surface area contributed by atoms with Gasteiger partial charge in [0.15, 0.2) is 0 Å². The van der Waals surface area contributed by atoms with Crippen molar-refractivity contribution < 1.29 is 0 Å². The normalized spacial score (nSPS) is 10.7. The van der Waals surface area contributed by atoms with Gasteiger partial charge in [-0.1, -0.05) is 32.9 Å². The number of benzene rings is 1. The minimum Gasteiger partial charge on any atom is -0.357 e. The fourth-order valence-electron chi connectivity index (χ4n) is 2.49. The summed E-state index contributed by atoms with van der Waals surface area (Å²) >= 11 is 5.44. The van der Waals surface area contributed by atoms with E-state index >= 15 is 0 Å². The molecule has 0 saturated carbocycles. The first-order valence-corrected chi connectivity index (χ1v) is 7.83. The van der Waals surface area contributed by atoms with Gasteiger partial charge in [-0.3, -0.25) is 4.57 Å². The highest BCUT2D eigenvalue weighted by Gasteiger charge is 2.12. The quantitative estimate of drug-likeness (QED) is 0.855. The van der Waals surface area contributed by atoms with Gasteiger partial charge >= 0.3 is 0 Å². The third-order valence-corrected chi connectivity index (χ3v) is 3.95. The number of aryl methyl sites for hydroxylation is 3. The number of hydrogen-bond donors (Lipinski definition) is 1. The van der Waals surface area contributed by atoms with Crippen LogP contribution in [-0.2, 0) is 19.3 Å². The van der Waals surface area contributed by atoms with Crippen LogP contribution >= 0.6 is 12.2 Å². The van der Waals surface area contributed by atoms with Crippen molar-refractivity contribution >= 4 is 18.2 Å². The Morgan fingerprint density at radius 1 is 1.10 bits per heavy atom. The van der Waals surface area contributed by atoms with Gasteiger partial charge in [0, 0.05) is 7.05 Å². The maximum absolute atomic E-state index is 5.44. The number of hydrogen-bond acceptors (Lipinski definition) is 4. The summed E-state index contributed by atoms with van der Waals surface area (Å²) in [4.78, 5) is 8.62. The van der Waals surface area contributed by atoms with E-state index in [4.69, 9.17) is 12.2 Å². The maximum atomic E-state index is 5.44. The van der Waals surface area contributed by atoms with E-state index in [1.54, 1.807) is 13.4 Å². The van der Waals surface area contributed by atoms with Crippen LogP contribution in [0.3, 0.4) is 0 Å². The minimum atomic E-state index is 0.531. The second kappa shape index (κ2) is 6.80. The van der Waals surface area contributed by atoms with Crippen LogP contribution in [0.25, 0.3) is 5.69 Å². The Morgan fingerprint density at radius 2 is 1.71 bits per heavy atom. The molecular weight excluding hydrogens is 280 g/mol. The van der Waals surface area contributed by atoms with Crippen molar-refractivity contribution in [1.82, 2.24) is 14.5 Å². The van der Waals surface area contributed by atoms with E-state index in [-0.39, 0.29) is 0 Å². The Bertz CT molecular complexity index is 666. The van der Waals surface area contributed by atoms with Crippen molar-refractivity contribution in [2.75, 3.05) is 12.4 Å². The first-order chi connectivity index (χ1) is 10.1. The SMILES string of the molecule is CCc1cc(CC)c(-n2cnc(NC)nc2=S)c(CC)c1. The standard InChI is InChI=1S/C16H22N4S/c1-5-11-8-12(6-2)14(13(7-3)9-11)20-10-18-15(17-4)19-16(20)21/h8-10H,5-7H2,1-4H3,(H,17,19,21). The molecule has 0 aliphatic heterocycles. The summed E-state index contributed by atoms with van der Waals surface area (Å²) in [6, 6.07) is 4.53. The number of nitrogens with one attached hydrogen (secondary N) is 1. The number of anilines is 1. The van der Waals surface area contributed by atoms with E-state index in [0.29, 0.717) is 10.7 Å². The molecule has 1 aromatic carbocycles. The molecule has 0 unspecified atom stereocenters. The molecule has 0 radical (unpaired) electrons. The number of nitrogens with zero attached hydrogens (tertiary/aromatic N) is 3. The zero-order valence-corrected chi connectivity index (χ0v) is 13.9. The molecular formula is C16H22N4S. The largest absolute Gasteiger partial charge is 0.357 e. The van der Waals surface area contributed by atoms with Crippen molar-refractivity contribution in [3.8, 4) is 5.69 Å². The van der Waals surface area contributed by atoms with E-state index in [2.05, 4.69) is 48.2 Å². The molecule has 1 N–H and O–H groups in total. The lowest BCUT2D eigenvalue weighted by molar-refractivity contribution is 0.862. The molecule has 0 atom stereocenters. The van der Waals surface area contributed by atoms with E-state index in [1.807, 2.05) is 4.57 Å². The predicted octanol–water partition coefficient (Wildman–Crippen LogP) is 3.73. The van der Waals surface area contributed by atoms with Crippen molar-refractivity contribution in [2.45, 2.75) is 40.0 Å². The van der Waals surface area contributed by atoms with Crippen molar-refractivity contribution in [2.24, 2.45) is 0 Å². The van der Waals surface area contributed by atoms with Crippen LogP contribution < -0.4 is 5.32 Å². The molecule has 0 bridgehead atoms. The van der Waals surface area contributed by atoms with Gasteiger partial charge in [-0.15, -0.1) is 0 Å². The molecule has 112 valence electrons. The highest BCUT2D eigenvalue weighted by Crippen LogP contribution is 2.24. The van der Waals surface area contributed by atoms with Crippen LogP contribution in [0.2, 0.25) is 0 Å². The van der Waals surface area contributed by atoms with Crippen LogP contribution in [0, 0.1) is 4.77 Å². The number of rotatable bonds is 5. The van der Waals surface area contributed by atoms with Crippen molar-refractivity contribution in [1.29, 1.82) is 0 Å². The van der Waals surface area contributed by atoms with Gasteiger partial charge in [0.05, 0.1) is 5.69 Å². The summed E-state index contributed by atoms with van der Waals surface area (Å²) in [5, 5.41) is 2.92. The van der Waals surface area contributed by atoms with E-state index in [1.165, 1.54) is 16.7 Å². The summed E-state index contributed by atoms with van der Waals surface area (Å²) < 4.78 is 2.45. The van der Waals surface area contributed by atoms with E-state index in [9.17, 15) is 0 Å². The molecule has 5 heteroatoms. The molecule has 2 rings (SSSR count). The van der Waals surface area contributed by atoms with Crippen LogP contribution in [-0.4, -0.2) is 21.6 Å². The van der Waals surface area contributed by atoms with E-state index < -0.39 is 0 Å². The van der Waals surface area contributed by atoms with Gasteiger partial charge in [-0.25, -0.2) is 4.98 Å². The van der Waals surface area contributed by atoms with Crippen LogP contribution in [0.4, 0.5) is 5.95 Å². The first-order valence-electron chi connectivity index (χ1n) is 7.43. The molecule has 21 heavy (non-hydrogen) atoms. The molecule has 1 heterocycles. The van der Waals surface area contributed by atoms with Crippen LogP contribution in [0.5, 0.6) is 0 Å². The van der Waals surface area contributed by atoms with Crippen LogP contribution in [0.15, 0.2) is 18.5 Å². The molecule has 0 aliphatic rings. The smallest absolute Gasteiger partial charge is 0.226 e. The first kappa shape index (κ1) is 15.6. The second-order valence-electron chi connectivity index (χ2n) is 4.91. The average molecular weight is 302 g/mol. The van der Waals surface area contributed by atoms with Gasteiger partial charge in [-0.05, 0) is 48.2 Å². The lowest BCUT2D eigenvalue weighted by Gasteiger charge is -2.17. The molecule has 0 spiro atoms. The summed E-state index contributed by atoms with van der Waals surface area (Å²) in [5.74, 6) is 0.553. The van der Waals surface area contributed by atoms with E-state index in [0.717, 1.165) is 24.9 Å². The minimum absolute atomic E-state index is 0.531. The molecule has 0 fully saturated rings. The van der Waals surface area contributed by atoms with Gasteiger partial charge in [0.1, 0.15) is 6.33 Å². The van der Waals surface area contributed by atoms with Gasteiger partial charge < -0.3 is 5.32 Å². The van der Waals surface area contributed by atoms with Crippen molar-refractivity contribution in [3.63, 3.8) is 0 Å². The van der Waals surface area contributed by atoms with Gasteiger partial charge in [0.2, 0.25) is 10.7 Å². The molecule has 4 nitrogen and oxygen atoms in total. The molecule has 2 aromatic rings. The Balaban J connectivity index is 2.70. The Hall–Kier alpha value is -1.75. The zero-order chi connectivity index (χ0) is 15.4. The second-order valence-corrected chi connectivity index (χ2v) is 5.27. The zero-order valence-electron chi connectivity index (χ0n) is 13.1. The molecule has 0 amide bonds. The maximum Gasteiger partial charge on any atom is 0.226 e. The fourth-order valence-corrected chi connectivity index (χ4v) is 2.72.